The largest absolute Gasteiger partial charge is 0.507 e. The zero-order valence-electron chi connectivity index (χ0n) is 13.4. The second-order valence-corrected chi connectivity index (χ2v) is 6.38. The minimum absolute atomic E-state index is 0.224. The third-order valence-electron chi connectivity index (χ3n) is 4.66. The fourth-order valence-electron chi connectivity index (χ4n) is 3.43. The summed E-state index contributed by atoms with van der Waals surface area (Å²) in [6, 6.07) is 3.63. The molecule has 3 rings (SSSR count). The number of quaternary nitrogens is 1. The van der Waals surface area contributed by atoms with E-state index in [9.17, 15) is 9.90 Å². The molecule has 0 amide bonds. The number of hydrogen-bond donors (Lipinski definition) is 2. The van der Waals surface area contributed by atoms with E-state index in [1.165, 1.54) is 4.90 Å². The molecule has 2 N–H and O–H groups in total. The summed E-state index contributed by atoms with van der Waals surface area (Å²) in [7, 11) is 2.11. The molecule has 1 aliphatic rings. The Kier molecular flexibility index (Phi) is 4.21. The molecule has 4 heteroatoms. The van der Waals surface area contributed by atoms with Crippen LogP contribution in [0.3, 0.4) is 0 Å². The number of phenols is 1. The lowest BCUT2D eigenvalue weighted by Gasteiger charge is -2.16. The van der Waals surface area contributed by atoms with E-state index >= 15 is 0 Å². The first-order valence-corrected chi connectivity index (χ1v) is 8.22. The van der Waals surface area contributed by atoms with Crippen molar-refractivity contribution in [3.63, 3.8) is 0 Å². The van der Waals surface area contributed by atoms with Gasteiger partial charge in [-0.25, -0.2) is 4.79 Å². The van der Waals surface area contributed by atoms with Crippen LogP contribution in [0.2, 0.25) is 0 Å². The number of benzene rings is 1. The highest BCUT2D eigenvalue weighted by atomic mass is 16.4. The van der Waals surface area contributed by atoms with Crippen LogP contribution in [0.15, 0.2) is 21.3 Å². The number of hydrogen-bond acceptors (Lipinski definition) is 3. The Morgan fingerprint density at radius 3 is 2.82 bits per heavy atom. The molecule has 1 atom stereocenters. The van der Waals surface area contributed by atoms with Crippen molar-refractivity contribution in [3.05, 3.63) is 39.2 Å². The Hall–Kier alpha value is -1.81. The molecule has 1 aromatic carbocycles. The molecule has 0 saturated carbocycles. The number of aryl methyl sites for hydroxylation is 1. The Balaban J connectivity index is 2.08. The summed E-state index contributed by atoms with van der Waals surface area (Å²) in [5.41, 5.74) is 3.08. The van der Waals surface area contributed by atoms with Crippen molar-refractivity contribution < 1.29 is 14.4 Å². The first-order valence-electron chi connectivity index (χ1n) is 8.22. The van der Waals surface area contributed by atoms with Gasteiger partial charge in [0.1, 0.15) is 12.3 Å². The topological polar surface area (TPSA) is 54.9 Å². The lowest BCUT2D eigenvalue weighted by molar-refractivity contribution is -0.893. The van der Waals surface area contributed by atoms with Crippen molar-refractivity contribution in [3.8, 4) is 5.75 Å². The third kappa shape index (κ3) is 2.63. The summed E-state index contributed by atoms with van der Waals surface area (Å²) in [4.78, 5) is 13.5. The average molecular weight is 302 g/mol. The molecule has 118 valence electrons. The summed E-state index contributed by atoms with van der Waals surface area (Å²) in [6.07, 6.45) is 5.06. The van der Waals surface area contributed by atoms with Gasteiger partial charge in [0.15, 0.2) is 5.58 Å². The smallest absolute Gasteiger partial charge is 0.339 e. The molecule has 0 radical (unpaired) electrons. The number of unbranched alkanes of at least 4 members (excludes halogenated alkanes) is 1. The summed E-state index contributed by atoms with van der Waals surface area (Å²) in [5.74, 6) is 0.226. The van der Waals surface area contributed by atoms with Crippen LogP contribution in [0.1, 0.15) is 42.9 Å². The lowest BCUT2D eigenvalue weighted by atomic mass is 10.0. The molecule has 1 aliphatic carbocycles. The SMILES string of the molecule is CCCC[NH+](C)Cc1c(O)ccc2c3c(c(=O)oc12)CCC3. The van der Waals surface area contributed by atoms with Crippen molar-refractivity contribution in [1.82, 2.24) is 0 Å². The van der Waals surface area contributed by atoms with Crippen molar-refractivity contribution in [2.24, 2.45) is 0 Å². The minimum Gasteiger partial charge on any atom is -0.507 e. The number of aromatic hydroxyl groups is 1. The van der Waals surface area contributed by atoms with Crippen LogP contribution >= 0.6 is 0 Å². The highest BCUT2D eigenvalue weighted by molar-refractivity contribution is 5.86. The van der Waals surface area contributed by atoms with E-state index < -0.39 is 0 Å². The molecule has 1 heterocycles. The molecular weight excluding hydrogens is 278 g/mol. The van der Waals surface area contributed by atoms with Crippen LogP contribution in [-0.4, -0.2) is 18.7 Å². The first kappa shape index (κ1) is 15.1. The Bertz CT molecular complexity index is 748. The van der Waals surface area contributed by atoms with Gasteiger partial charge in [0.25, 0.3) is 0 Å². The van der Waals surface area contributed by atoms with Crippen LogP contribution in [0, 0.1) is 0 Å². The number of fused-ring (bicyclic) bond motifs is 3. The summed E-state index contributed by atoms with van der Waals surface area (Å²) in [5, 5.41) is 11.2. The molecule has 2 aromatic rings. The van der Waals surface area contributed by atoms with E-state index in [-0.39, 0.29) is 11.4 Å². The van der Waals surface area contributed by atoms with Gasteiger partial charge in [0.2, 0.25) is 0 Å². The maximum absolute atomic E-state index is 12.2. The molecule has 0 fully saturated rings. The van der Waals surface area contributed by atoms with Crippen LogP contribution in [0.5, 0.6) is 5.75 Å². The van der Waals surface area contributed by atoms with E-state index in [0.717, 1.165) is 60.7 Å². The van der Waals surface area contributed by atoms with Gasteiger partial charge in [-0.15, -0.1) is 0 Å². The maximum atomic E-state index is 12.2. The predicted octanol–water partition coefficient (Wildman–Crippen LogP) is 1.80. The van der Waals surface area contributed by atoms with Gasteiger partial charge in [0.05, 0.1) is 19.2 Å². The van der Waals surface area contributed by atoms with Crippen LogP contribution in [-0.2, 0) is 19.4 Å². The van der Waals surface area contributed by atoms with Gasteiger partial charge in [-0.3, -0.25) is 0 Å². The van der Waals surface area contributed by atoms with E-state index in [1.807, 2.05) is 6.07 Å². The van der Waals surface area contributed by atoms with Crippen LogP contribution in [0.4, 0.5) is 0 Å². The zero-order chi connectivity index (χ0) is 15.7. The molecule has 4 nitrogen and oxygen atoms in total. The van der Waals surface area contributed by atoms with Gasteiger partial charge in [-0.2, -0.15) is 0 Å². The average Bonchev–Trinajstić information content (AvgIpc) is 2.99. The van der Waals surface area contributed by atoms with E-state index in [4.69, 9.17) is 4.42 Å². The third-order valence-corrected chi connectivity index (χ3v) is 4.66. The number of phenolic OH excluding ortho intramolecular Hbond substituents is 1. The molecular formula is C18H24NO3+. The van der Waals surface area contributed by atoms with Crippen molar-refractivity contribution in [1.29, 1.82) is 0 Å². The van der Waals surface area contributed by atoms with E-state index in [1.54, 1.807) is 6.07 Å². The Morgan fingerprint density at radius 1 is 1.27 bits per heavy atom. The highest BCUT2D eigenvalue weighted by Crippen LogP contribution is 2.32. The van der Waals surface area contributed by atoms with Crippen LogP contribution < -0.4 is 10.5 Å². The van der Waals surface area contributed by atoms with Gasteiger partial charge < -0.3 is 14.4 Å². The molecule has 1 unspecified atom stereocenters. The maximum Gasteiger partial charge on any atom is 0.339 e. The molecule has 0 aliphatic heterocycles. The van der Waals surface area contributed by atoms with Crippen molar-refractivity contribution in [2.75, 3.05) is 13.6 Å². The second kappa shape index (κ2) is 6.13. The fourth-order valence-corrected chi connectivity index (χ4v) is 3.43. The van der Waals surface area contributed by atoms with Crippen molar-refractivity contribution >= 4 is 11.0 Å². The van der Waals surface area contributed by atoms with E-state index in [0.29, 0.717) is 12.1 Å². The molecule has 0 saturated heterocycles. The number of nitrogens with one attached hydrogen (secondary N) is 1. The standard InChI is InChI=1S/C18H23NO3/c1-3-4-10-19(2)11-15-16(20)9-8-13-12-6-5-7-14(12)18(21)22-17(13)15/h8-9,20H,3-7,10-11H2,1-2H3/p+1. The van der Waals surface area contributed by atoms with Gasteiger partial charge >= 0.3 is 5.63 Å². The van der Waals surface area contributed by atoms with Crippen LogP contribution in [0.25, 0.3) is 11.0 Å². The summed E-state index contributed by atoms with van der Waals surface area (Å²) in [6.45, 7) is 3.89. The number of rotatable bonds is 5. The normalized spacial score (nSPS) is 15.2. The lowest BCUT2D eigenvalue weighted by Crippen LogP contribution is -3.07. The predicted molar refractivity (Wildman–Crippen MR) is 86.5 cm³/mol. The monoisotopic (exact) mass is 302 g/mol. The van der Waals surface area contributed by atoms with Gasteiger partial charge in [-0.05, 0) is 43.4 Å². The van der Waals surface area contributed by atoms with Gasteiger partial charge in [0, 0.05) is 10.9 Å². The highest BCUT2D eigenvalue weighted by Gasteiger charge is 2.23. The zero-order valence-corrected chi connectivity index (χ0v) is 13.4. The minimum atomic E-state index is -0.224. The summed E-state index contributed by atoms with van der Waals surface area (Å²) >= 11 is 0. The molecule has 1 aromatic heterocycles. The molecule has 22 heavy (non-hydrogen) atoms. The summed E-state index contributed by atoms with van der Waals surface area (Å²) < 4.78 is 5.59. The van der Waals surface area contributed by atoms with E-state index in [2.05, 4.69) is 14.0 Å². The molecule has 0 bridgehead atoms. The van der Waals surface area contributed by atoms with Gasteiger partial charge in [-0.1, -0.05) is 13.3 Å². The molecule has 0 spiro atoms. The fraction of sp³-hybridized carbons (Fsp3) is 0.500. The Labute approximate surface area is 130 Å². The second-order valence-electron chi connectivity index (χ2n) is 6.38. The van der Waals surface area contributed by atoms with Crippen molar-refractivity contribution in [2.45, 2.75) is 45.6 Å². The first-order chi connectivity index (χ1) is 10.6. The Morgan fingerprint density at radius 2 is 2.05 bits per heavy atom. The quantitative estimate of drug-likeness (QED) is 0.828.